The maximum Gasteiger partial charge on any atom is 0.249 e. The molecule has 0 aliphatic heterocycles. The summed E-state index contributed by atoms with van der Waals surface area (Å²) in [6.45, 7) is 4.04. The van der Waals surface area contributed by atoms with Crippen molar-refractivity contribution in [3.8, 4) is 0 Å². The quantitative estimate of drug-likeness (QED) is 0.0320. The molecular formula is C45H87NO5. The molecule has 6 nitrogen and oxygen atoms in total. The smallest absolute Gasteiger partial charge is 0.249 e. The van der Waals surface area contributed by atoms with Gasteiger partial charge in [0.05, 0.1) is 18.8 Å². The van der Waals surface area contributed by atoms with Crippen molar-refractivity contribution in [3.05, 3.63) is 24.3 Å². The zero-order chi connectivity index (χ0) is 37.5. The molecule has 0 radical (unpaired) electrons. The first kappa shape index (κ1) is 49.8. The van der Waals surface area contributed by atoms with E-state index in [1.54, 1.807) is 0 Å². The largest absolute Gasteiger partial charge is 0.394 e. The predicted octanol–water partition coefficient (Wildman–Crippen LogP) is 11.6. The van der Waals surface area contributed by atoms with Gasteiger partial charge in [-0.05, 0) is 64.2 Å². The Labute approximate surface area is 316 Å². The number of aliphatic hydroxyl groups is 4. The summed E-state index contributed by atoms with van der Waals surface area (Å²) in [6.07, 6.45) is 44.9. The minimum atomic E-state index is -1.28. The van der Waals surface area contributed by atoms with Crippen LogP contribution in [-0.2, 0) is 4.79 Å². The molecule has 0 saturated carbocycles. The van der Waals surface area contributed by atoms with Crippen LogP contribution in [0.25, 0.3) is 0 Å². The Morgan fingerprint density at radius 2 is 0.804 bits per heavy atom. The number of amides is 1. The zero-order valence-corrected chi connectivity index (χ0v) is 33.9. The molecule has 5 N–H and O–H groups in total. The average Bonchev–Trinajstić information content (AvgIpc) is 3.13. The lowest BCUT2D eigenvalue weighted by Gasteiger charge is -2.27. The maximum atomic E-state index is 12.5. The number of carbonyl (C=O) groups excluding carboxylic acids is 1. The highest BCUT2D eigenvalue weighted by Gasteiger charge is 2.28. The standard InChI is InChI=1S/C45H87NO5/c1-3-5-7-9-11-13-15-17-19-20-21-22-23-25-27-29-31-33-35-37-39-43(49)45(51)46-41(40-47)44(50)42(48)38-36-34-32-30-28-26-24-18-16-14-12-10-8-6-4-2/h22-23,30,32,41-44,47-50H,3-21,24-29,31,33-40H2,1-2H3,(H,46,51)/b23-22-,32-30+. The van der Waals surface area contributed by atoms with Crippen molar-refractivity contribution in [2.45, 2.75) is 250 Å². The van der Waals surface area contributed by atoms with E-state index in [0.717, 1.165) is 44.9 Å². The summed E-state index contributed by atoms with van der Waals surface area (Å²) in [7, 11) is 0. The third-order valence-electron chi connectivity index (χ3n) is 10.4. The van der Waals surface area contributed by atoms with Gasteiger partial charge in [-0.1, -0.05) is 186 Å². The van der Waals surface area contributed by atoms with Crippen LogP contribution in [0.5, 0.6) is 0 Å². The lowest BCUT2D eigenvalue weighted by atomic mass is 10.00. The minimum Gasteiger partial charge on any atom is -0.394 e. The molecule has 4 atom stereocenters. The fraction of sp³-hybridized carbons (Fsp3) is 0.889. The fourth-order valence-electron chi connectivity index (χ4n) is 6.81. The first-order valence-electron chi connectivity index (χ1n) is 22.2. The summed E-state index contributed by atoms with van der Waals surface area (Å²) in [6, 6.07) is -1.00. The number of rotatable bonds is 40. The summed E-state index contributed by atoms with van der Waals surface area (Å²) in [5.41, 5.74) is 0. The number of hydrogen-bond acceptors (Lipinski definition) is 5. The average molecular weight is 722 g/mol. The van der Waals surface area contributed by atoms with Crippen LogP contribution < -0.4 is 5.32 Å². The van der Waals surface area contributed by atoms with Crippen LogP contribution in [0.4, 0.5) is 0 Å². The summed E-state index contributed by atoms with van der Waals surface area (Å²) < 4.78 is 0. The highest BCUT2D eigenvalue weighted by molar-refractivity contribution is 5.80. The van der Waals surface area contributed by atoms with Gasteiger partial charge in [-0.2, -0.15) is 0 Å². The summed E-state index contributed by atoms with van der Waals surface area (Å²) in [4.78, 5) is 12.5. The van der Waals surface area contributed by atoms with Crippen molar-refractivity contribution in [3.63, 3.8) is 0 Å². The third kappa shape index (κ3) is 34.3. The van der Waals surface area contributed by atoms with E-state index in [-0.39, 0.29) is 0 Å². The van der Waals surface area contributed by atoms with E-state index in [2.05, 4.69) is 43.5 Å². The SMILES string of the molecule is CCCCCCCCCCCC/C=C\CCCCCCCCC(O)C(=O)NC(CO)C(O)C(O)CCC/C=C/CCCCCCCCCCCC. The molecule has 0 aliphatic rings. The Morgan fingerprint density at radius 3 is 1.18 bits per heavy atom. The van der Waals surface area contributed by atoms with Crippen molar-refractivity contribution < 1.29 is 25.2 Å². The normalized spacial score (nSPS) is 14.4. The van der Waals surface area contributed by atoms with Crippen LogP contribution in [-0.4, -0.2) is 57.3 Å². The molecule has 0 aromatic rings. The molecule has 0 aromatic carbocycles. The second-order valence-corrected chi connectivity index (χ2v) is 15.4. The lowest BCUT2D eigenvalue weighted by Crippen LogP contribution is -2.53. The van der Waals surface area contributed by atoms with Crippen molar-refractivity contribution in [1.29, 1.82) is 0 Å². The van der Waals surface area contributed by atoms with Gasteiger partial charge in [-0.3, -0.25) is 4.79 Å². The van der Waals surface area contributed by atoms with Crippen LogP contribution in [0.2, 0.25) is 0 Å². The van der Waals surface area contributed by atoms with Crippen LogP contribution in [0.3, 0.4) is 0 Å². The van der Waals surface area contributed by atoms with Gasteiger partial charge in [-0.15, -0.1) is 0 Å². The molecular weight excluding hydrogens is 634 g/mol. The number of nitrogens with one attached hydrogen (secondary N) is 1. The number of unbranched alkanes of at least 4 members (excludes halogenated alkanes) is 27. The van der Waals surface area contributed by atoms with E-state index in [0.29, 0.717) is 12.8 Å². The van der Waals surface area contributed by atoms with Gasteiger partial charge < -0.3 is 25.7 Å². The van der Waals surface area contributed by atoms with E-state index in [1.165, 1.54) is 154 Å². The first-order chi connectivity index (χ1) is 25.0. The van der Waals surface area contributed by atoms with Gasteiger partial charge in [0.15, 0.2) is 0 Å². The van der Waals surface area contributed by atoms with Gasteiger partial charge in [0.1, 0.15) is 12.2 Å². The van der Waals surface area contributed by atoms with E-state index in [4.69, 9.17) is 0 Å². The summed E-state index contributed by atoms with van der Waals surface area (Å²) >= 11 is 0. The van der Waals surface area contributed by atoms with Crippen molar-refractivity contribution >= 4 is 5.91 Å². The number of aliphatic hydroxyl groups excluding tert-OH is 4. The molecule has 1 amide bonds. The molecule has 0 saturated heterocycles. The molecule has 0 aromatic heterocycles. The molecule has 4 unspecified atom stereocenters. The number of hydrogen-bond donors (Lipinski definition) is 5. The van der Waals surface area contributed by atoms with E-state index in [1.807, 2.05) is 0 Å². The molecule has 6 heteroatoms. The van der Waals surface area contributed by atoms with E-state index in [9.17, 15) is 25.2 Å². The fourth-order valence-corrected chi connectivity index (χ4v) is 6.81. The van der Waals surface area contributed by atoms with Crippen molar-refractivity contribution in [1.82, 2.24) is 5.32 Å². The first-order valence-corrected chi connectivity index (χ1v) is 22.2. The molecule has 0 spiro atoms. The Hall–Kier alpha value is -1.21. The van der Waals surface area contributed by atoms with Crippen LogP contribution in [0.1, 0.15) is 226 Å². The van der Waals surface area contributed by atoms with Crippen LogP contribution >= 0.6 is 0 Å². The number of allylic oxidation sites excluding steroid dienone is 4. The molecule has 302 valence electrons. The highest BCUT2D eigenvalue weighted by atomic mass is 16.3. The third-order valence-corrected chi connectivity index (χ3v) is 10.4. The van der Waals surface area contributed by atoms with Crippen molar-refractivity contribution in [2.24, 2.45) is 0 Å². The Balaban J connectivity index is 3.77. The van der Waals surface area contributed by atoms with Crippen LogP contribution in [0.15, 0.2) is 24.3 Å². The molecule has 0 aliphatic carbocycles. The van der Waals surface area contributed by atoms with Crippen LogP contribution in [0, 0.1) is 0 Å². The summed E-state index contributed by atoms with van der Waals surface area (Å²) in [5, 5.41) is 43.6. The number of carbonyl (C=O) groups is 1. The summed E-state index contributed by atoms with van der Waals surface area (Å²) in [5.74, 6) is -0.597. The van der Waals surface area contributed by atoms with Crippen molar-refractivity contribution in [2.75, 3.05) is 6.61 Å². The second kappa shape index (κ2) is 40.0. The maximum absolute atomic E-state index is 12.5. The van der Waals surface area contributed by atoms with E-state index >= 15 is 0 Å². The monoisotopic (exact) mass is 722 g/mol. The zero-order valence-electron chi connectivity index (χ0n) is 33.9. The molecule has 0 bridgehead atoms. The molecule has 0 fully saturated rings. The van der Waals surface area contributed by atoms with Gasteiger partial charge >= 0.3 is 0 Å². The Morgan fingerprint density at radius 1 is 0.471 bits per heavy atom. The van der Waals surface area contributed by atoms with Gasteiger partial charge in [0.2, 0.25) is 5.91 Å². The van der Waals surface area contributed by atoms with Gasteiger partial charge in [0, 0.05) is 0 Å². The topological polar surface area (TPSA) is 110 Å². The Kier molecular flexibility index (Phi) is 39.0. The molecule has 0 heterocycles. The molecule has 51 heavy (non-hydrogen) atoms. The lowest BCUT2D eigenvalue weighted by molar-refractivity contribution is -0.132. The second-order valence-electron chi connectivity index (χ2n) is 15.4. The molecule has 0 rings (SSSR count). The predicted molar refractivity (Wildman–Crippen MR) is 219 cm³/mol. The van der Waals surface area contributed by atoms with Gasteiger partial charge in [0.25, 0.3) is 0 Å². The highest BCUT2D eigenvalue weighted by Crippen LogP contribution is 2.15. The van der Waals surface area contributed by atoms with Gasteiger partial charge in [-0.25, -0.2) is 0 Å². The minimum absolute atomic E-state index is 0.357. The Bertz CT molecular complexity index is 772. The van der Waals surface area contributed by atoms with E-state index < -0.39 is 36.9 Å².